The molecule has 6 heteroatoms. The third-order valence-corrected chi connectivity index (χ3v) is 4.34. The molecular formula is C19H22N4O2. The van der Waals surface area contributed by atoms with Gasteiger partial charge < -0.3 is 9.84 Å². The molecular weight excluding hydrogens is 316 g/mol. The van der Waals surface area contributed by atoms with Crippen molar-refractivity contribution in [3.8, 4) is 5.69 Å². The van der Waals surface area contributed by atoms with E-state index >= 15 is 0 Å². The molecule has 2 heterocycles. The molecule has 0 spiro atoms. The predicted molar refractivity (Wildman–Crippen MR) is 96.0 cm³/mol. The van der Waals surface area contributed by atoms with E-state index in [0.29, 0.717) is 12.8 Å². The fourth-order valence-electron chi connectivity index (χ4n) is 2.94. The van der Waals surface area contributed by atoms with Gasteiger partial charge in [-0.25, -0.2) is 4.68 Å². The summed E-state index contributed by atoms with van der Waals surface area (Å²) < 4.78 is 6.99. The highest BCUT2D eigenvalue weighted by molar-refractivity contribution is 5.92. The van der Waals surface area contributed by atoms with Gasteiger partial charge in [-0.05, 0) is 46.2 Å². The molecule has 6 nitrogen and oxygen atoms in total. The van der Waals surface area contributed by atoms with Gasteiger partial charge in [0.25, 0.3) is 0 Å². The highest BCUT2D eigenvalue weighted by Crippen LogP contribution is 2.23. The van der Waals surface area contributed by atoms with E-state index in [9.17, 15) is 4.79 Å². The monoisotopic (exact) mass is 338 g/mol. The summed E-state index contributed by atoms with van der Waals surface area (Å²) >= 11 is 0. The van der Waals surface area contributed by atoms with Crippen molar-refractivity contribution >= 4 is 11.6 Å². The third-order valence-electron chi connectivity index (χ3n) is 4.34. The number of aromatic nitrogens is 3. The van der Waals surface area contributed by atoms with Crippen molar-refractivity contribution in [3.05, 3.63) is 58.7 Å². The number of nitrogens with zero attached hydrogens (tertiary/aromatic N) is 3. The van der Waals surface area contributed by atoms with E-state index in [1.165, 1.54) is 0 Å². The van der Waals surface area contributed by atoms with Crippen LogP contribution in [-0.4, -0.2) is 20.8 Å². The van der Waals surface area contributed by atoms with Crippen LogP contribution in [0.25, 0.3) is 5.69 Å². The molecule has 1 aromatic carbocycles. The van der Waals surface area contributed by atoms with Gasteiger partial charge in [0, 0.05) is 12.0 Å². The zero-order chi connectivity index (χ0) is 18.0. The molecule has 0 atom stereocenters. The molecule has 3 aromatic rings. The van der Waals surface area contributed by atoms with Crippen molar-refractivity contribution < 1.29 is 9.32 Å². The van der Waals surface area contributed by atoms with E-state index in [4.69, 9.17) is 4.52 Å². The Hall–Kier alpha value is -2.89. The molecule has 0 aliphatic heterocycles. The molecule has 130 valence electrons. The van der Waals surface area contributed by atoms with Crippen molar-refractivity contribution in [1.29, 1.82) is 0 Å². The van der Waals surface area contributed by atoms with Crippen molar-refractivity contribution in [2.24, 2.45) is 0 Å². The van der Waals surface area contributed by atoms with E-state index in [2.05, 4.69) is 15.6 Å². The molecule has 1 amide bonds. The fourth-order valence-corrected chi connectivity index (χ4v) is 2.94. The number of benzene rings is 1. The minimum absolute atomic E-state index is 0.0428. The molecule has 25 heavy (non-hydrogen) atoms. The lowest BCUT2D eigenvalue weighted by atomic mass is 10.1. The summed E-state index contributed by atoms with van der Waals surface area (Å²) in [7, 11) is 0. The second-order valence-corrected chi connectivity index (χ2v) is 6.14. The van der Waals surface area contributed by atoms with Gasteiger partial charge in [0.05, 0.1) is 28.5 Å². The normalized spacial score (nSPS) is 10.9. The summed E-state index contributed by atoms with van der Waals surface area (Å²) in [5, 5.41) is 11.5. The van der Waals surface area contributed by atoms with E-state index in [-0.39, 0.29) is 5.91 Å². The molecule has 0 unspecified atom stereocenters. The number of hydrogen-bond acceptors (Lipinski definition) is 4. The lowest BCUT2D eigenvalue weighted by molar-refractivity contribution is -0.116. The van der Waals surface area contributed by atoms with Crippen molar-refractivity contribution in [2.75, 3.05) is 5.32 Å². The Morgan fingerprint density at radius 3 is 2.48 bits per heavy atom. The van der Waals surface area contributed by atoms with Gasteiger partial charge in [-0.15, -0.1) is 0 Å². The molecule has 2 aromatic heterocycles. The van der Waals surface area contributed by atoms with Gasteiger partial charge in [-0.1, -0.05) is 23.4 Å². The average Bonchev–Trinajstić information content (AvgIpc) is 3.07. The van der Waals surface area contributed by atoms with Crippen LogP contribution < -0.4 is 5.32 Å². The number of anilines is 1. The SMILES string of the molecule is Cc1noc(C)c1CCC(=O)Nc1c(C)nn(-c2ccccc2)c1C. The molecule has 0 aliphatic rings. The second-order valence-electron chi connectivity index (χ2n) is 6.14. The minimum atomic E-state index is -0.0428. The Bertz CT molecular complexity index is 874. The molecule has 1 N–H and O–H groups in total. The summed E-state index contributed by atoms with van der Waals surface area (Å²) in [6.45, 7) is 7.61. The van der Waals surface area contributed by atoms with E-state index < -0.39 is 0 Å². The molecule has 0 fully saturated rings. The lowest BCUT2D eigenvalue weighted by Crippen LogP contribution is -2.14. The van der Waals surface area contributed by atoms with Crippen LogP contribution in [0, 0.1) is 27.7 Å². The molecule has 0 radical (unpaired) electrons. The van der Waals surface area contributed by atoms with Crippen LogP contribution in [-0.2, 0) is 11.2 Å². The third kappa shape index (κ3) is 3.47. The maximum atomic E-state index is 12.4. The smallest absolute Gasteiger partial charge is 0.224 e. The Kier molecular flexibility index (Phi) is 4.70. The van der Waals surface area contributed by atoms with Crippen LogP contribution in [0.4, 0.5) is 5.69 Å². The average molecular weight is 338 g/mol. The summed E-state index contributed by atoms with van der Waals surface area (Å²) in [6.07, 6.45) is 0.982. The number of aryl methyl sites for hydroxylation is 3. The summed E-state index contributed by atoms with van der Waals surface area (Å²) in [5.74, 6) is 0.730. The Labute approximate surface area is 146 Å². The van der Waals surface area contributed by atoms with Crippen molar-refractivity contribution in [1.82, 2.24) is 14.9 Å². The highest BCUT2D eigenvalue weighted by Gasteiger charge is 2.16. The first-order chi connectivity index (χ1) is 12.0. The van der Waals surface area contributed by atoms with Gasteiger partial charge in [0.1, 0.15) is 5.76 Å². The standard InChI is InChI=1S/C19H22N4O2/c1-12-17(15(4)25-22-12)10-11-18(24)20-19-13(2)21-23(14(19)3)16-8-6-5-7-9-16/h5-9H,10-11H2,1-4H3,(H,20,24). The van der Waals surface area contributed by atoms with Crippen molar-refractivity contribution in [3.63, 3.8) is 0 Å². The van der Waals surface area contributed by atoms with Crippen molar-refractivity contribution in [2.45, 2.75) is 40.5 Å². The topological polar surface area (TPSA) is 73.0 Å². The van der Waals surface area contributed by atoms with Gasteiger partial charge >= 0.3 is 0 Å². The van der Waals surface area contributed by atoms with Gasteiger partial charge in [-0.3, -0.25) is 4.79 Å². The van der Waals surface area contributed by atoms with E-state index in [1.807, 2.05) is 62.7 Å². The van der Waals surface area contributed by atoms with Crippen LogP contribution >= 0.6 is 0 Å². The molecule has 0 saturated heterocycles. The second kappa shape index (κ2) is 6.93. The maximum absolute atomic E-state index is 12.4. The van der Waals surface area contributed by atoms with Crippen LogP contribution in [0.2, 0.25) is 0 Å². The van der Waals surface area contributed by atoms with Gasteiger partial charge in [0.2, 0.25) is 5.91 Å². The Morgan fingerprint density at radius 1 is 1.12 bits per heavy atom. The van der Waals surface area contributed by atoms with Gasteiger partial charge in [0.15, 0.2) is 0 Å². The van der Waals surface area contributed by atoms with Crippen LogP contribution in [0.3, 0.4) is 0 Å². The van der Waals surface area contributed by atoms with Crippen LogP contribution in [0.1, 0.15) is 34.8 Å². The first-order valence-corrected chi connectivity index (χ1v) is 8.30. The first kappa shape index (κ1) is 17.0. The lowest BCUT2D eigenvalue weighted by Gasteiger charge is -2.07. The number of nitrogens with one attached hydrogen (secondary N) is 1. The molecule has 0 bridgehead atoms. The summed E-state index contributed by atoms with van der Waals surface area (Å²) in [4.78, 5) is 12.4. The van der Waals surface area contributed by atoms with Gasteiger partial charge in [-0.2, -0.15) is 5.10 Å². The van der Waals surface area contributed by atoms with E-state index in [0.717, 1.165) is 39.8 Å². The first-order valence-electron chi connectivity index (χ1n) is 8.30. The number of carbonyl (C=O) groups is 1. The maximum Gasteiger partial charge on any atom is 0.224 e. The number of hydrogen-bond donors (Lipinski definition) is 1. The number of para-hydroxylation sites is 1. The quantitative estimate of drug-likeness (QED) is 0.770. The minimum Gasteiger partial charge on any atom is -0.361 e. The Balaban J connectivity index is 1.73. The number of carbonyl (C=O) groups excluding carboxylic acids is 1. The molecule has 0 aliphatic carbocycles. The molecule has 3 rings (SSSR count). The summed E-state index contributed by atoms with van der Waals surface area (Å²) in [6, 6.07) is 9.87. The number of rotatable bonds is 5. The number of amides is 1. The largest absolute Gasteiger partial charge is 0.361 e. The fraction of sp³-hybridized carbons (Fsp3) is 0.316. The predicted octanol–water partition coefficient (Wildman–Crippen LogP) is 3.67. The highest BCUT2D eigenvalue weighted by atomic mass is 16.5. The Morgan fingerprint density at radius 2 is 1.84 bits per heavy atom. The summed E-state index contributed by atoms with van der Waals surface area (Å²) in [5.41, 5.74) is 5.30. The van der Waals surface area contributed by atoms with Crippen LogP contribution in [0.15, 0.2) is 34.9 Å². The molecule has 0 saturated carbocycles. The van der Waals surface area contributed by atoms with Crippen LogP contribution in [0.5, 0.6) is 0 Å². The zero-order valence-electron chi connectivity index (χ0n) is 15.0. The zero-order valence-corrected chi connectivity index (χ0v) is 15.0. The van der Waals surface area contributed by atoms with E-state index in [1.54, 1.807) is 0 Å².